The molecule has 17 heavy (non-hydrogen) atoms. The molecule has 1 aliphatic rings. The Kier molecular flexibility index (Phi) is 4.38. The van der Waals surface area contributed by atoms with Crippen molar-refractivity contribution in [2.45, 2.75) is 13.3 Å². The quantitative estimate of drug-likeness (QED) is 0.808. The van der Waals surface area contributed by atoms with Gasteiger partial charge in [-0.15, -0.1) is 0 Å². The number of pyridine rings is 1. The highest BCUT2D eigenvalue weighted by Gasteiger charge is 2.10. The smallest absolute Gasteiger partial charge is 0.146 e. The van der Waals surface area contributed by atoms with Crippen LogP contribution >= 0.6 is 0 Å². The zero-order valence-corrected chi connectivity index (χ0v) is 10.2. The Morgan fingerprint density at radius 2 is 2.29 bits per heavy atom. The molecule has 1 N–H and O–H groups in total. The molecule has 92 valence electrons. The van der Waals surface area contributed by atoms with Crippen molar-refractivity contribution in [2.75, 3.05) is 31.1 Å². The minimum absolute atomic E-state index is 0.790. The van der Waals surface area contributed by atoms with Crippen molar-refractivity contribution in [1.29, 1.82) is 0 Å². The fourth-order valence-electron chi connectivity index (χ4n) is 1.90. The molecule has 0 bridgehead atoms. The second-order valence-electron chi connectivity index (χ2n) is 4.06. The van der Waals surface area contributed by atoms with E-state index < -0.39 is 0 Å². The van der Waals surface area contributed by atoms with Gasteiger partial charge in [0.1, 0.15) is 5.75 Å². The van der Waals surface area contributed by atoms with Gasteiger partial charge in [-0.05, 0) is 19.9 Å². The maximum absolute atomic E-state index is 5.43. The Morgan fingerprint density at radius 1 is 1.35 bits per heavy atom. The molecule has 0 radical (unpaired) electrons. The lowest BCUT2D eigenvalue weighted by molar-refractivity contribution is 0.478. The third kappa shape index (κ3) is 3.46. The van der Waals surface area contributed by atoms with Crippen LogP contribution in [0.3, 0.4) is 0 Å². The van der Waals surface area contributed by atoms with E-state index in [2.05, 4.69) is 15.2 Å². The summed E-state index contributed by atoms with van der Waals surface area (Å²) in [7, 11) is 0. The average molecular weight is 233 g/mol. The summed E-state index contributed by atoms with van der Waals surface area (Å²) in [5.41, 5.74) is 1.13. The zero-order chi connectivity index (χ0) is 11.9. The van der Waals surface area contributed by atoms with E-state index in [9.17, 15) is 0 Å². The lowest BCUT2D eigenvalue weighted by Gasteiger charge is -2.22. The lowest BCUT2D eigenvalue weighted by Crippen LogP contribution is -2.27. The maximum Gasteiger partial charge on any atom is 0.146 e. The summed E-state index contributed by atoms with van der Waals surface area (Å²) in [5.74, 6) is 0.790. The van der Waals surface area contributed by atoms with Gasteiger partial charge in [-0.25, -0.2) is 0 Å². The predicted octanol–water partition coefficient (Wildman–Crippen LogP) is 1.79. The van der Waals surface area contributed by atoms with Crippen LogP contribution in [-0.4, -0.2) is 31.2 Å². The Labute approximate surface area is 102 Å². The second kappa shape index (κ2) is 6.25. The van der Waals surface area contributed by atoms with Crippen molar-refractivity contribution >= 4 is 5.69 Å². The highest BCUT2D eigenvalue weighted by atomic mass is 16.5. The molecule has 1 aliphatic heterocycles. The standard InChI is InChI=1S/C13H19N3O/c1-2-8-17-13-9-12(10-15-11-13)16-6-3-4-14-5-7-16/h2,8-11,14H,3-7H2,1H3/b8-2-. The topological polar surface area (TPSA) is 37.4 Å². The number of nitrogens with zero attached hydrogens (tertiary/aromatic N) is 2. The molecule has 0 unspecified atom stereocenters. The van der Waals surface area contributed by atoms with Gasteiger partial charge in [0.15, 0.2) is 0 Å². The van der Waals surface area contributed by atoms with E-state index >= 15 is 0 Å². The zero-order valence-electron chi connectivity index (χ0n) is 10.2. The van der Waals surface area contributed by atoms with Gasteiger partial charge in [0, 0.05) is 25.7 Å². The molecule has 0 amide bonds. The van der Waals surface area contributed by atoms with E-state index in [4.69, 9.17) is 4.74 Å². The number of hydrogen-bond donors (Lipinski definition) is 1. The molecule has 1 aromatic rings. The molecule has 0 aliphatic carbocycles. The monoisotopic (exact) mass is 233 g/mol. The molecule has 0 saturated carbocycles. The second-order valence-corrected chi connectivity index (χ2v) is 4.06. The Morgan fingerprint density at radius 3 is 3.18 bits per heavy atom. The van der Waals surface area contributed by atoms with Crippen LogP contribution in [0.4, 0.5) is 5.69 Å². The van der Waals surface area contributed by atoms with Crippen LogP contribution in [0.15, 0.2) is 30.8 Å². The Balaban J connectivity index is 2.08. The molecular formula is C13H19N3O. The molecule has 4 nitrogen and oxygen atoms in total. The number of hydrogen-bond acceptors (Lipinski definition) is 4. The van der Waals surface area contributed by atoms with Crippen molar-refractivity contribution in [3.8, 4) is 5.75 Å². The number of rotatable bonds is 3. The number of anilines is 1. The summed E-state index contributed by atoms with van der Waals surface area (Å²) in [5, 5.41) is 3.39. The van der Waals surface area contributed by atoms with Crippen molar-refractivity contribution in [3.63, 3.8) is 0 Å². The highest BCUT2D eigenvalue weighted by Crippen LogP contribution is 2.20. The van der Waals surface area contributed by atoms with Gasteiger partial charge in [0.2, 0.25) is 0 Å². The van der Waals surface area contributed by atoms with Crippen LogP contribution in [0.2, 0.25) is 0 Å². The van der Waals surface area contributed by atoms with Gasteiger partial charge in [-0.2, -0.15) is 0 Å². The first-order chi connectivity index (χ1) is 8.40. The number of allylic oxidation sites excluding steroid dienone is 1. The summed E-state index contributed by atoms with van der Waals surface area (Å²) in [6.07, 6.45) is 8.33. The molecule has 2 heterocycles. The number of ether oxygens (including phenoxy) is 1. The molecule has 1 saturated heterocycles. The van der Waals surface area contributed by atoms with Crippen LogP contribution in [0, 0.1) is 0 Å². The number of nitrogens with one attached hydrogen (secondary N) is 1. The molecule has 1 aromatic heterocycles. The van der Waals surface area contributed by atoms with E-state index in [1.165, 1.54) is 6.42 Å². The average Bonchev–Trinajstić information content (AvgIpc) is 2.65. The SMILES string of the molecule is C/C=C\Oc1cncc(N2CCCNCC2)c1. The summed E-state index contributed by atoms with van der Waals surface area (Å²) >= 11 is 0. The van der Waals surface area contributed by atoms with E-state index in [-0.39, 0.29) is 0 Å². The third-order valence-electron chi connectivity index (χ3n) is 2.74. The molecule has 1 fully saturated rings. The lowest BCUT2D eigenvalue weighted by atomic mass is 10.3. The fraction of sp³-hybridized carbons (Fsp3) is 0.462. The van der Waals surface area contributed by atoms with Gasteiger partial charge in [-0.1, -0.05) is 6.08 Å². The van der Waals surface area contributed by atoms with Crippen molar-refractivity contribution in [3.05, 3.63) is 30.8 Å². The molecule has 2 rings (SSSR count). The van der Waals surface area contributed by atoms with Gasteiger partial charge >= 0.3 is 0 Å². The summed E-state index contributed by atoms with van der Waals surface area (Å²) in [6, 6.07) is 2.04. The summed E-state index contributed by atoms with van der Waals surface area (Å²) < 4.78 is 5.43. The first-order valence-corrected chi connectivity index (χ1v) is 6.08. The predicted molar refractivity (Wildman–Crippen MR) is 69.4 cm³/mol. The van der Waals surface area contributed by atoms with Crippen molar-refractivity contribution in [2.24, 2.45) is 0 Å². The number of aromatic nitrogens is 1. The van der Waals surface area contributed by atoms with E-state index in [0.717, 1.165) is 37.6 Å². The van der Waals surface area contributed by atoms with Gasteiger partial charge in [0.25, 0.3) is 0 Å². The van der Waals surface area contributed by atoms with Crippen LogP contribution < -0.4 is 15.0 Å². The van der Waals surface area contributed by atoms with Crippen LogP contribution in [-0.2, 0) is 0 Å². The van der Waals surface area contributed by atoms with Gasteiger partial charge in [0.05, 0.1) is 24.3 Å². The minimum atomic E-state index is 0.790. The normalized spacial score (nSPS) is 17.1. The van der Waals surface area contributed by atoms with Crippen LogP contribution in [0.1, 0.15) is 13.3 Å². The summed E-state index contributed by atoms with van der Waals surface area (Å²) in [6.45, 7) is 6.15. The van der Waals surface area contributed by atoms with E-state index in [0.29, 0.717) is 0 Å². The van der Waals surface area contributed by atoms with E-state index in [1.54, 1.807) is 12.5 Å². The fourth-order valence-corrected chi connectivity index (χ4v) is 1.90. The largest absolute Gasteiger partial charge is 0.464 e. The molecule has 0 atom stereocenters. The highest BCUT2D eigenvalue weighted by molar-refractivity contribution is 5.48. The molecule has 0 aromatic carbocycles. The van der Waals surface area contributed by atoms with Crippen molar-refractivity contribution < 1.29 is 4.74 Å². The minimum Gasteiger partial charge on any atom is -0.464 e. The first kappa shape index (κ1) is 11.9. The summed E-state index contributed by atoms with van der Waals surface area (Å²) in [4.78, 5) is 6.57. The third-order valence-corrected chi connectivity index (χ3v) is 2.74. The first-order valence-electron chi connectivity index (χ1n) is 6.08. The molecule has 4 heteroatoms. The Hall–Kier alpha value is -1.55. The maximum atomic E-state index is 5.43. The van der Waals surface area contributed by atoms with Gasteiger partial charge in [-0.3, -0.25) is 4.98 Å². The van der Waals surface area contributed by atoms with Crippen LogP contribution in [0.25, 0.3) is 0 Å². The van der Waals surface area contributed by atoms with Crippen molar-refractivity contribution in [1.82, 2.24) is 10.3 Å². The molecular weight excluding hydrogens is 214 g/mol. The van der Waals surface area contributed by atoms with Gasteiger partial charge < -0.3 is 15.0 Å². The Bertz CT molecular complexity index is 371. The van der Waals surface area contributed by atoms with E-state index in [1.807, 2.05) is 25.3 Å². The molecule has 0 spiro atoms. The van der Waals surface area contributed by atoms with Crippen LogP contribution in [0.5, 0.6) is 5.75 Å².